The summed E-state index contributed by atoms with van der Waals surface area (Å²) in [4.78, 5) is 19.8. The van der Waals surface area contributed by atoms with Crippen molar-refractivity contribution in [1.29, 1.82) is 0 Å². The molecule has 0 bridgehead atoms. The number of nitrogens with zero attached hydrogens (tertiary/aromatic N) is 1. The van der Waals surface area contributed by atoms with Gasteiger partial charge in [-0.3, -0.25) is 10.1 Å². The van der Waals surface area contributed by atoms with E-state index in [4.69, 9.17) is 0 Å². The fraction of sp³-hybridized carbons (Fsp3) is 0. The molecule has 0 aliphatic rings. The van der Waals surface area contributed by atoms with E-state index in [0.717, 1.165) is 18.2 Å². The molecular weight excluding hydrogens is 195 g/mol. The molecule has 1 rings (SSSR count). The first-order valence-electron chi connectivity index (χ1n) is 3.42. The number of halogens is 1. The molecule has 14 heavy (non-hydrogen) atoms. The van der Waals surface area contributed by atoms with Gasteiger partial charge in [-0.1, -0.05) is 6.07 Å². The van der Waals surface area contributed by atoms with Crippen LogP contribution in [0.25, 0.3) is 0 Å². The smallest absolute Gasteiger partial charge is 0.400 e. The van der Waals surface area contributed by atoms with Crippen LogP contribution in [-0.2, 0) is 0 Å². The summed E-state index contributed by atoms with van der Waals surface area (Å²) in [6, 6.07) is 3.05. The predicted molar refractivity (Wildman–Crippen MR) is 43.3 cm³/mol. The van der Waals surface area contributed by atoms with Gasteiger partial charge in [0.2, 0.25) is 5.75 Å². The largest absolute Gasteiger partial charge is 0.410 e. The van der Waals surface area contributed by atoms with Crippen LogP contribution in [0.4, 0.5) is 14.9 Å². The van der Waals surface area contributed by atoms with Crippen LogP contribution in [0, 0.1) is 15.9 Å². The Morgan fingerprint density at radius 2 is 2.21 bits per heavy atom. The number of carbonyl (C=O) groups excluding carboxylic acids is 1. The number of nitrogens with two attached hydrogens (primary N) is 1. The first kappa shape index (κ1) is 9.90. The van der Waals surface area contributed by atoms with Gasteiger partial charge in [0, 0.05) is 6.07 Å². The maximum Gasteiger partial charge on any atom is 0.410 e. The fourth-order valence-corrected chi connectivity index (χ4v) is 0.843. The summed E-state index contributed by atoms with van der Waals surface area (Å²) in [7, 11) is 0. The summed E-state index contributed by atoms with van der Waals surface area (Å²) in [5, 5.41) is 10.4. The van der Waals surface area contributed by atoms with E-state index in [1.54, 1.807) is 0 Å². The number of nitro benzene ring substituents is 1. The van der Waals surface area contributed by atoms with Crippen molar-refractivity contribution in [2.75, 3.05) is 0 Å². The lowest BCUT2D eigenvalue weighted by Gasteiger charge is -2.02. The highest BCUT2D eigenvalue weighted by molar-refractivity contribution is 5.70. The molecule has 0 radical (unpaired) electrons. The summed E-state index contributed by atoms with van der Waals surface area (Å²) < 4.78 is 17.1. The van der Waals surface area contributed by atoms with Crippen molar-refractivity contribution in [2.45, 2.75) is 0 Å². The van der Waals surface area contributed by atoms with Gasteiger partial charge in [-0.15, -0.1) is 0 Å². The number of hydrogen-bond acceptors (Lipinski definition) is 4. The lowest BCUT2D eigenvalue weighted by molar-refractivity contribution is -0.385. The minimum atomic E-state index is -1.31. The highest BCUT2D eigenvalue weighted by atomic mass is 19.1. The zero-order valence-corrected chi connectivity index (χ0v) is 6.77. The van der Waals surface area contributed by atoms with E-state index < -0.39 is 28.3 Å². The molecular formula is C7H5FN2O4. The molecule has 0 saturated carbocycles. The van der Waals surface area contributed by atoms with Gasteiger partial charge in [-0.2, -0.15) is 0 Å². The van der Waals surface area contributed by atoms with Crippen LogP contribution in [0.1, 0.15) is 0 Å². The molecule has 0 aliphatic carbocycles. The molecule has 0 fully saturated rings. The molecule has 1 amide bonds. The molecule has 0 aliphatic heterocycles. The van der Waals surface area contributed by atoms with Gasteiger partial charge in [-0.05, 0) is 6.07 Å². The van der Waals surface area contributed by atoms with Crippen LogP contribution in [0.15, 0.2) is 18.2 Å². The maximum atomic E-state index is 12.9. The Balaban J connectivity index is 3.22. The SMILES string of the molecule is NC(=O)Oc1c(F)cccc1[N+](=O)[O-]. The number of benzene rings is 1. The summed E-state index contributed by atoms with van der Waals surface area (Å²) in [6.07, 6.45) is -1.31. The molecule has 0 unspecified atom stereocenters. The predicted octanol–water partition coefficient (Wildman–Crippen LogP) is 1.19. The number of carbonyl (C=O) groups is 1. The van der Waals surface area contributed by atoms with Crippen LogP contribution in [0.5, 0.6) is 5.75 Å². The van der Waals surface area contributed by atoms with Crippen LogP contribution >= 0.6 is 0 Å². The number of para-hydroxylation sites is 1. The van der Waals surface area contributed by atoms with Crippen LogP contribution < -0.4 is 10.5 Å². The Labute approximate surface area is 77.2 Å². The average molecular weight is 200 g/mol. The van der Waals surface area contributed by atoms with Crippen molar-refractivity contribution in [2.24, 2.45) is 5.73 Å². The first-order chi connectivity index (χ1) is 6.52. The third-order valence-corrected chi connectivity index (χ3v) is 1.35. The average Bonchev–Trinajstić information content (AvgIpc) is 2.07. The summed E-state index contributed by atoms with van der Waals surface area (Å²) in [5.74, 6) is -1.79. The highest BCUT2D eigenvalue weighted by Gasteiger charge is 2.20. The van der Waals surface area contributed by atoms with Gasteiger partial charge in [0.15, 0.2) is 5.82 Å². The Morgan fingerprint density at radius 3 is 2.71 bits per heavy atom. The Bertz CT molecular complexity index is 393. The molecule has 0 atom stereocenters. The molecule has 1 aromatic carbocycles. The first-order valence-corrected chi connectivity index (χ1v) is 3.42. The molecule has 0 saturated heterocycles. The zero-order chi connectivity index (χ0) is 10.7. The van der Waals surface area contributed by atoms with Crippen LogP contribution in [-0.4, -0.2) is 11.0 Å². The number of amides is 1. The van der Waals surface area contributed by atoms with Crippen molar-refractivity contribution in [3.63, 3.8) is 0 Å². The van der Waals surface area contributed by atoms with E-state index in [-0.39, 0.29) is 0 Å². The number of primary amides is 1. The number of nitro groups is 1. The third-order valence-electron chi connectivity index (χ3n) is 1.35. The third kappa shape index (κ3) is 1.94. The maximum absolute atomic E-state index is 12.9. The van der Waals surface area contributed by atoms with E-state index in [0.29, 0.717) is 0 Å². The van der Waals surface area contributed by atoms with E-state index in [1.165, 1.54) is 0 Å². The van der Waals surface area contributed by atoms with Crippen LogP contribution in [0.3, 0.4) is 0 Å². The van der Waals surface area contributed by atoms with Gasteiger partial charge in [0.25, 0.3) is 0 Å². The number of rotatable bonds is 2. The fourth-order valence-electron chi connectivity index (χ4n) is 0.843. The highest BCUT2D eigenvalue weighted by Crippen LogP contribution is 2.29. The Kier molecular flexibility index (Phi) is 2.61. The van der Waals surface area contributed by atoms with Crippen molar-refractivity contribution >= 4 is 11.8 Å². The molecule has 0 spiro atoms. The summed E-state index contributed by atoms with van der Waals surface area (Å²) >= 11 is 0. The van der Waals surface area contributed by atoms with Gasteiger partial charge in [-0.25, -0.2) is 9.18 Å². The van der Waals surface area contributed by atoms with E-state index in [9.17, 15) is 19.3 Å². The molecule has 1 aromatic rings. The second-order valence-corrected chi connectivity index (χ2v) is 2.27. The van der Waals surface area contributed by atoms with Gasteiger partial charge in [0.05, 0.1) is 4.92 Å². The molecule has 2 N–H and O–H groups in total. The van der Waals surface area contributed by atoms with Crippen molar-refractivity contribution in [1.82, 2.24) is 0 Å². The standard InChI is InChI=1S/C7H5FN2O4/c8-4-2-1-3-5(10(12)13)6(4)14-7(9)11/h1-3H,(H2,9,11). The van der Waals surface area contributed by atoms with Gasteiger partial charge >= 0.3 is 11.8 Å². The lowest BCUT2D eigenvalue weighted by atomic mass is 10.3. The van der Waals surface area contributed by atoms with Gasteiger partial charge < -0.3 is 10.5 Å². The zero-order valence-electron chi connectivity index (χ0n) is 6.77. The molecule has 6 nitrogen and oxygen atoms in total. The quantitative estimate of drug-likeness (QED) is 0.572. The molecule has 0 aromatic heterocycles. The van der Waals surface area contributed by atoms with Crippen LogP contribution in [0.2, 0.25) is 0 Å². The molecule has 0 heterocycles. The second kappa shape index (κ2) is 3.69. The van der Waals surface area contributed by atoms with Crippen molar-refractivity contribution in [3.05, 3.63) is 34.1 Å². The lowest BCUT2D eigenvalue weighted by Crippen LogP contribution is -2.17. The topological polar surface area (TPSA) is 95.5 Å². The van der Waals surface area contributed by atoms with Gasteiger partial charge in [0.1, 0.15) is 0 Å². The molecule has 7 heteroatoms. The van der Waals surface area contributed by atoms with Crippen molar-refractivity contribution in [3.8, 4) is 5.75 Å². The monoisotopic (exact) mass is 200 g/mol. The second-order valence-electron chi connectivity index (χ2n) is 2.27. The Morgan fingerprint density at radius 1 is 1.57 bits per heavy atom. The van der Waals surface area contributed by atoms with E-state index >= 15 is 0 Å². The Hall–Kier alpha value is -2.18. The molecule has 74 valence electrons. The number of ether oxygens (including phenoxy) is 1. The van der Waals surface area contributed by atoms with E-state index in [2.05, 4.69) is 10.5 Å². The van der Waals surface area contributed by atoms with E-state index in [1.807, 2.05) is 0 Å². The van der Waals surface area contributed by atoms with Crippen molar-refractivity contribution < 1.29 is 18.8 Å². The number of hydrogen-bond donors (Lipinski definition) is 1. The summed E-state index contributed by atoms with van der Waals surface area (Å²) in [6.45, 7) is 0. The normalized spacial score (nSPS) is 9.50. The summed E-state index contributed by atoms with van der Waals surface area (Å²) in [5.41, 5.74) is 3.96. The minimum absolute atomic E-state index is 0.649. The minimum Gasteiger partial charge on any atom is -0.400 e.